The maximum atomic E-state index is 10.2. The van der Waals surface area contributed by atoms with Gasteiger partial charge in [-0.3, -0.25) is 0 Å². The van der Waals surface area contributed by atoms with Crippen LogP contribution in [0, 0.1) is 0 Å². The van der Waals surface area contributed by atoms with E-state index in [9.17, 15) is 5.11 Å². The molecule has 1 aromatic rings. The fourth-order valence-electron chi connectivity index (χ4n) is 2.99. The molecule has 2 atom stereocenters. The normalized spacial score (nSPS) is 36.8. The molecule has 3 nitrogen and oxygen atoms in total. The largest absolute Gasteiger partial charge is 0.363 e. The summed E-state index contributed by atoms with van der Waals surface area (Å²) < 4.78 is 0. The van der Waals surface area contributed by atoms with E-state index in [-0.39, 0.29) is 5.60 Å². The molecule has 0 amide bonds. The number of benzene rings is 1. The van der Waals surface area contributed by atoms with E-state index in [4.69, 9.17) is 9.78 Å². The first-order valence-corrected chi connectivity index (χ1v) is 6.33. The van der Waals surface area contributed by atoms with Gasteiger partial charge in [-0.05, 0) is 18.4 Å². The average molecular weight is 234 g/mol. The van der Waals surface area contributed by atoms with Crippen molar-refractivity contribution in [2.75, 3.05) is 0 Å². The Hall–Kier alpha value is -0.900. The van der Waals surface area contributed by atoms with Crippen molar-refractivity contribution in [3.63, 3.8) is 0 Å². The molecule has 2 bridgehead atoms. The van der Waals surface area contributed by atoms with Gasteiger partial charge < -0.3 is 5.11 Å². The lowest BCUT2D eigenvalue weighted by Gasteiger charge is -2.24. The molecule has 1 N–H and O–H groups in total. The van der Waals surface area contributed by atoms with E-state index >= 15 is 0 Å². The monoisotopic (exact) mass is 234 g/mol. The number of rotatable bonds is 2. The van der Waals surface area contributed by atoms with Gasteiger partial charge >= 0.3 is 0 Å². The van der Waals surface area contributed by atoms with Crippen LogP contribution in [0.1, 0.15) is 37.7 Å². The van der Waals surface area contributed by atoms with Crippen LogP contribution in [0.15, 0.2) is 30.3 Å². The smallest absolute Gasteiger partial charge is 0.202 e. The molecule has 0 aromatic heterocycles. The summed E-state index contributed by atoms with van der Waals surface area (Å²) in [6, 6.07) is 10.3. The van der Waals surface area contributed by atoms with Crippen molar-refractivity contribution in [1.29, 1.82) is 0 Å². The van der Waals surface area contributed by atoms with Crippen LogP contribution in [0.2, 0.25) is 0 Å². The summed E-state index contributed by atoms with van der Waals surface area (Å²) in [5, 5.41) is 10.2. The van der Waals surface area contributed by atoms with Crippen LogP contribution in [0.5, 0.6) is 0 Å². The number of hydrogen-bond donors (Lipinski definition) is 1. The van der Waals surface area contributed by atoms with Gasteiger partial charge in [-0.1, -0.05) is 36.8 Å². The lowest BCUT2D eigenvalue weighted by Crippen LogP contribution is -2.32. The van der Waals surface area contributed by atoms with Crippen LogP contribution in [-0.2, 0) is 16.2 Å². The molecule has 0 spiro atoms. The molecule has 1 heterocycles. The van der Waals surface area contributed by atoms with Gasteiger partial charge in [0, 0.05) is 19.3 Å². The van der Waals surface area contributed by atoms with Crippen molar-refractivity contribution in [2.45, 2.75) is 49.9 Å². The second-order valence-electron chi connectivity index (χ2n) is 5.34. The number of hydrogen-bond acceptors (Lipinski definition) is 3. The van der Waals surface area contributed by atoms with E-state index in [1.54, 1.807) is 0 Å². The highest BCUT2D eigenvalue weighted by atomic mass is 17.2. The molecular weight excluding hydrogens is 216 g/mol. The summed E-state index contributed by atoms with van der Waals surface area (Å²) in [5.74, 6) is -1.05. The zero-order chi connectivity index (χ0) is 11.8. The van der Waals surface area contributed by atoms with Gasteiger partial charge in [0.25, 0.3) is 0 Å². The standard InChI is InChI=1S/C14H18O3/c15-14-9-5-4-8-13(11-14,16-17-14)10-12-6-2-1-3-7-12/h1-3,6-7,15H,4-5,8-11H2. The summed E-state index contributed by atoms with van der Waals surface area (Å²) in [6.45, 7) is 0. The van der Waals surface area contributed by atoms with Gasteiger partial charge in [-0.15, -0.1) is 0 Å². The molecule has 2 unspecified atom stereocenters. The molecule has 0 radical (unpaired) electrons. The quantitative estimate of drug-likeness (QED) is 0.799. The highest BCUT2D eigenvalue weighted by Gasteiger charge is 2.52. The number of fused-ring (bicyclic) bond motifs is 2. The molecule has 2 aliphatic rings. The van der Waals surface area contributed by atoms with Gasteiger partial charge in [-0.25, -0.2) is 9.78 Å². The van der Waals surface area contributed by atoms with Gasteiger partial charge in [-0.2, -0.15) is 0 Å². The Labute approximate surface area is 101 Å². The van der Waals surface area contributed by atoms with Crippen LogP contribution in [-0.4, -0.2) is 16.5 Å². The zero-order valence-corrected chi connectivity index (χ0v) is 9.89. The third-order valence-electron chi connectivity index (χ3n) is 3.79. The van der Waals surface area contributed by atoms with E-state index in [1.807, 2.05) is 18.2 Å². The number of aliphatic hydroxyl groups is 1. The van der Waals surface area contributed by atoms with E-state index in [1.165, 1.54) is 5.56 Å². The Bertz CT molecular complexity index is 388. The fraction of sp³-hybridized carbons (Fsp3) is 0.571. The SMILES string of the molecule is OC12CCCCC(Cc3ccccc3)(C1)OO2. The minimum atomic E-state index is -1.05. The molecule has 3 heteroatoms. The molecule has 2 fully saturated rings. The predicted molar refractivity (Wildman–Crippen MR) is 63.1 cm³/mol. The summed E-state index contributed by atoms with van der Waals surface area (Å²) in [7, 11) is 0. The van der Waals surface area contributed by atoms with Crippen LogP contribution in [0.3, 0.4) is 0 Å². The van der Waals surface area contributed by atoms with Crippen molar-refractivity contribution in [3.05, 3.63) is 35.9 Å². The molecule has 1 aromatic carbocycles. The van der Waals surface area contributed by atoms with Crippen LogP contribution in [0.4, 0.5) is 0 Å². The maximum absolute atomic E-state index is 10.2. The molecule has 17 heavy (non-hydrogen) atoms. The minimum Gasteiger partial charge on any atom is -0.363 e. The average Bonchev–Trinajstić information content (AvgIpc) is 2.54. The van der Waals surface area contributed by atoms with E-state index < -0.39 is 5.79 Å². The van der Waals surface area contributed by atoms with Gasteiger partial charge in [0.15, 0.2) is 0 Å². The third-order valence-corrected chi connectivity index (χ3v) is 3.79. The molecule has 3 rings (SSSR count). The molecule has 92 valence electrons. The second kappa shape index (κ2) is 4.09. The molecule has 1 saturated carbocycles. The third kappa shape index (κ3) is 2.23. The molecule has 1 aliphatic carbocycles. The second-order valence-corrected chi connectivity index (χ2v) is 5.34. The predicted octanol–water partition coefficient (Wildman–Crippen LogP) is 2.58. The van der Waals surface area contributed by atoms with E-state index in [0.29, 0.717) is 12.8 Å². The fourth-order valence-corrected chi connectivity index (χ4v) is 2.99. The highest BCUT2D eigenvalue weighted by Crippen LogP contribution is 2.45. The zero-order valence-electron chi connectivity index (χ0n) is 9.89. The molecule has 1 saturated heterocycles. The lowest BCUT2D eigenvalue weighted by atomic mass is 9.86. The van der Waals surface area contributed by atoms with Crippen molar-refractivity contribution < 1.29 is 14.9 Å². The highest BCUT2D eigenvalue weighted by molar-refractivity contribution is 5.18. The van der Waals surface area contributed by atoms with Gasteiger partial charge in [0.1, 0.15) is 5.60 Å². The summed E-state index contributed by atoms with van der Waals surface area (Å²) in [4.78, 5) is 10.7. The van der Waals surface area contributed by atoms with E-state index in [2.05, 4.69) is 12.1 Å². The van der Waals surface area contributed by atoms with Crippen molar-refractivity contribution in [3.8, 4) is 0 Å². The minimum absolute atomic E-state index is 0.327. The molecular formula is C14H18O3. The first kappa shape index (κ1) is 11.2. The van der Waals surface area contributed by atoms with Crippen molar-refractivity contribution in [2.24, 2.45) is 0 Å². The maximum Gasteiger partial charge on any atom is 0.202 e. The Morgan fingerprint density at radius 2 is 1.82 bits per heavy atom. The van der Waals surface area contributed by atoms with E-state index in [0.717, 1.165) is 25.7 Å². The Morgan fingerprint density at radius 1 is 1.06 bits per heavy atom. The van der Waals surface area contributed by atoms with Crippen LogP contribution in [0.25, 0.3) is 0 Å². The first-order valence-electron chi connectivity index (χ1n) is 6.33. The van der Waals surface area contributed by atoms with Crippen LogP contribution < -0.4 is 0 Å². The summed E-state index contributed by atoms with van der Waals surface area (Å²) in [5.41, 5.74) is 0.911. The topological polar surface area (TPSA) is 38.7 Å². The first-order chi connectivity index (χ1) is 8.20. The van der Waals surface area contributed by atoms with Crippen molar-refractivity contribution in [1.82, 2.24) is 0 Å². The van der Waals surface area contributed by atoms with Crippen molar-refractivity contribution >= 4 is 0 Å². The Kier molecular flexibility index (Phi) is 2.69. The van der Waals surface area contributed by atoms with Crippen LogP contribution >= 0.6 is 0 Å². The molecule has 1 aliphatic heterocycles. The Morgan fingerprint density at radius 3 is 2.65 bits per heavy atom. The lowest BCUT2D eigenvalue weighted by molar-refractivity contribution is -0.399. The Balaban J connectivity index is 1.81. The summed E-state index contributed by atoms with van der Waals surface area (Å²) >= 11 is 0. The summed E-state index contributed by atoms with van der Waals surface area (Å²) in [6.07, 6.45) is 5.16. The van der Waals surface area contributed by atoms with Gasteiger partial charge in [0.2, 0.25) is 5.79 Å². The van der Waals surface area contributed by atoms with Gasteiger partial charge in [0.05, 0.1) is 0 Å².